The average Bonchev–Trinajstić information content (AvgIpc) is 2.93. The molecule has 3 heteroatoms. The minimum absolute atomic E-state index is 0.174. The molecule has 2 heterocycles. The number of hydrogen-bond acceptors (Lipinski definition) is 2. The van der Waals surface area contributed by atoms with E-state index in [4.69, 9.17) is 4.42 Å². The van der Waals surface area contributed by atoms with Crippen molar-refractivity contribution >= 4 is 0 Å². The summed E-state index contributed by atoms with van der Waals surface area (Å²) in [7, 11) is 0. The Kier molecular flexibility index (Phi) is 3.02. The maximum absolute atomic E-state index is 10.2. The van der Waals surface area contributed by atoms with Crippen LogP contribution in [0.2, 0.25) is 0 Å². The van der Waals surface area contributed by atoms with Crippen LogP contribution in [0.4, 0.5) is 0 Å². The minimum atomic E-state index is -0.316. The lowest BCUT2D eigenvalue weighted by Crippen LogP contribution is -2.26. The van der Waals surface area contributed by atoms with Crippen LogP contribution >= 0.6 is 0 Å². The second kappa shape index (κ2) is 4.57. The highest BCUT2D eigenvalue weighted by molar-refractivity contribution is 5.29. The summed E-state index contributed by atoms with van der Waals surface area (Å²) < 4.78 is 7.64. The first kappa shape index (κ1) is 12.5. The third kappa shape index (κ3) is 2.47. The molecule has 102 valence electrons. The quantitative estimate of drug-likeness (QED) is 0.918. The van der Waals surface area contributed by atoms with E-state index in [9.17, 15) is 5.11 Å². The Morgan fingerprint density at radius 3 is 3.00 bits per heavy atom. The Balaban J connectivity index is 1.80. The van der Waals surface area contributed by atoms with Crippen molar-refractivity contribution in [1.29, 1.82) is 0 Å². The summed E-state index contributed by atoms with van der Waals surface area (Å²) in [6.45, 7) is 5.36. The molecule has 0 saturated heterocycles. The van der Waals surface area contributed by atoms with Gasteiger partial charge in [-0.25, -0.2) is 0 Å². The molecule has 3 nitrogen and oxygen atoms in total. The molecule has 0 aliphatic heterocycles. The van der Waals surface area contributed by atoms with Crippen LogP contribution in [-0.2, 0) is 19.4 Å². The lowest BCUT2D eigenvalue weighted by Gasteiger charge is -2.34. The molecule has 2 aromatic rings. The number of rotatable bonds is 3. The fourth-order valence-corrected chi connectivity index (χ4v) is 3.08. The number of aryl methyl sites for hydroxylation is 2. The van der Waals surface area contributed by atoms with Gasteiger partial charge in [0, 0.05) is 30.4 Å². The zero-order valence-corrected chi connectivity index (χ0v) is 11.6. The predicted octanol–water partition coefficient (Wildman–Crippen LogP) is 3.33. The molecule has 0 radical (unpaired) electrons. The molecule has 0 amide bonds. The highest BCUT2D eigenvalue weighted by Crippen LogP contribution is 2.41. The molecular weight excluding hydrogens is 238 g/mol. The molecule has 0 bridgehead atoms. The number of aliphatic hydroxyl groups excluding tert-OH is 1. The SMILES string of the molecule is CC1(C)Cc2c(ccn2CCc2ccco2)C(O)C1. The third-order valence-corrected chi connectivity index (χ3v) is 4.04. The topological polar surface area (TPSA) is 38.3 Å². The number of fused-ring (bicyclic) bond motifs is 1. The number of aliphatic hydroxyl groups is 1. The van der Waals surface area contributed by atoms with Crippen LogP contribution in [0.25, 0.3) is 0 Å². The molecule has 3 rings (SSSR count). The number of aromatic nitrogens is 1. The predicted molar refractivity (Wildman–Crippen MR) is 73.9 cm³/mol. The van der Waals surface area contributed by atoms with Gasteiger partial charge < -0.3 is 14.1 Å². The van der Waals surface area contributed by atoms with Crippen molar-refractivity contribution in [3.05, 3.63) is 47.7 Å². The molecule has 1 aliphatic rings. The summed E-state index contributed by atoms with van der Waals surface area (Å²) in [6, 6.07) is 6.00. The molecule has 0 fully saturated rings. The normalized spacial score (nSPS) is 21.3. The van der Waals surface area contributed by atoms with Gasteiger partial charge >= 0.3 is 0 Å². The van der Waals surface area contributed by atoms with Gasteiger partial charge in [-0.2, -0.15) is 0 Å². The Hall–Kier alpha value is -1.48. The first-order chi connectivity index (χ1) is 9.05. The first-order valence-electron chi connectivity index (χ1n) is 6.93. The summed E-state index contributed by atoms with van der Waals surface area (Å²) in [6.07, 6.45) is 6.27. The van der Waals surface area contributed by atoms with Gasteiger partial charge in [0.25, 0.3) is 0 Å². The molecule has 1 N–H and O–H groups in total. The number of furan rings is 1. The summed E-state index contributed by atoms with van der Waals surface area (Å²) in [5, 5.41) is 10.2. The minimum Gasteiger partial charge on any atom is -0.469 e. The molecule has 1 atom stereocenters. The third-order valence-electron chi connectivity index (χ3n) is 4.04. The van der Waals surface area contributed by atoms with Crippen LogP contribution in [0.3, 0.4) is 0 Å². The fourth-order valence-electron chi connectivity index (χ4n) is 3.08. The lowest BCUT2D eigenvalue weighted by molar-refractivity contribution is 0.0979. The van der Waals surface area contributed by atoms with Crippen LogP contribution in [0.1, 0.15) is 43.4 Å². The van der Waals surface area contributed by atoms with Gasteiger partial charge in [0.15, 0.2) is 0 Å². The van der Waals surface area contributed by atoms with Gasteiger partial charge in [0.1, 0.15) is 5.76 Å². The standard InChI is InChI=1S/C16H21NO2/c1-16(2)10-14-13(15(18)11-16)6-8-17(14)7-5-12-4-3-9-19-12/h3-4,6,8-9,15,18H,5,7,10-11H2,1-2H3. The first-order valence-corrected chi connectivity index (χ1v) is 6.93. The summed E-state index contributed by atoms with van der Waals surface area (Å²) >= 11 is 0. The molecule has 0 aromatic carbocycles. The Morgan fingerprint density at radius 1 is 1.42 bits per heavy atom. The van der Waals surface area contributed by atoms with E-state index in [0.717, 1.165) is 37.1 Å². The van der Waals surface area contributed by atoms with Crippen molar-refractivity contribution in [1.82, 2.24) is 4.57 Å². The zero-order chi connectivity index (χ0) is 13.5. The zero-order valence-electron chi connectivity index (χ0n) is 11.6. The van der Waals surface area contributed by atoms with E-state index in [-0.39, 0.29) is 11.5 Å². The van der Waals surface area contributed by atoms with Gasteiger partial charge in [-0.1, -0.05) is 13.8 Å². The molecular formula is C16H21NO2. The van der Waals surface area contributed by atoms with Crippen molar-refractivity contribution < 1.29 is 9.52 Å². The summed E-state index contributed by atoms with van der Waals surface area (Å²) in [5.74, 6) is 1.01. The largest absolute Gasteiger partial charge is 0.469 e. The Bertz CT molecular complexity index is 551. The second-order valence-corrected chi connectivity index (χ2v) is 6.30. The average molecular weight is 259 g/mol. The van der Waals surface area contributed by atoms with E-state index in [2.05, 4.69) is 30.7 Å². The summed E-state index contributed by atoms with van der Waals surface area (Å²) in [5.41, 5.74) is 2.57. The van der Waals surface area contributed by atoms with E-state index < -0.39 is 0 Å². The van der Waals surface area contributed by atoms with Crippen molar-refractivity contribution in [3.63, 3.8) is 0 Å². The van der Waals surface area contributed by atoms with Gasteiger partial charge in [0.2, 0.25) is 0 Å². The van der Waals surface area contributed by atoms with Crippen molar-refractivity contribution in [3.8, 4) is 0 Å². The highest BCUT2D eigenvalue weighted by atomic mass is 16.3. The van der Waals surface area contributed by atoms with Crippen LogP contribution in [0.15, 0.2) is 35.1 Å². The Labute approximate surface area is 113 Å². The van der Waals surface area contributed by atoms with E-state index >= 15 is 0 Å². The van der Waals surface area contributed by atoms with E-state index in [0.29, 0.717) is 0 Å². The van der Waals surface area contributed by atoms with Crippen LogP contribution in [0, 0.1) is 5.41 Å². The van der Waals surface area contributed by atoms with Crippen LogP contribution in [0.5, 0.6) is 0 Å². The molecule has 0 saturated carbocycles. The van der Waals surface area contributed by atoms with E-state index in [1.807, 2.05) is 12.1 Å². The smallest absolute Gasteiger partial charge is 0.105 e. The maximum atomic E-state index is 10.2. The van der Waals surface area contributed by atoms with Gasteiger partial charge in [-0.05, 0) is 36.5 Å². The molecule has 19 heavy (non-hydrogen) atoms. The maximum Gasteiger partial charge on any atom is 0.105 e. The molecule has 1 unspecified atom stereocenters. The van der Waals surface area contributed by atoms with Crippen molar-refractivity contribution in [2.24, 2.45) is 5.41 Å². The van der Waals surface area contributed by atoms with Crippen molar-refractivity contribution in [2.45, 2.75) is 45.8 Å². The lowest BCUT2D eigenvalue weighted by atomic mass is 9.75. The molecule has 2 aromatic heterocycles. The van der Waals surface area contributed by atoms with Crippen molar-refractivity contribution in [2.75, 3.05) is 0 Å². The number of hydrogen-bond donors (Lipinski definition) is 1. The molecule has 0 spiro atoms. The van der Waals surface area contributed by atoms with Crippen LogP contribution < -0.4 is 0 Å². The fraction of sp³-hybridized carbons (Fsp3) is 0.500. The van der Waals surface area contributed by atoms with E-state index in [1.165, 1.54) is 5.69 Å². The monoisotopic (exact) mass is 259 g/mol. The highest BCUT2D eigenvalue weighted by Gasteiger charge is 2.33. The van der Waals surface area contributed by atoms with Crippen LogP contribution in [-0.4, -0.2) is 9.67 Å². The Morgan fingerprint density at radius 2 is 2.26 bits per heavy atom. The number of nitrogens with zero attached hydrogens (tertiary/aromatic N) is 1. The van der Waals surface area contributed by atoms with E-state index in [1.54, 1.807) is 6.26 Å². The van der Waals surface area contributed by atoms with Gasteiger partial charge in [0.05, 0.1) is 12.4 Å². The van der Waals surface area contributed by atoms with Gasteiger partial charge in [-0.15, -0.1) is 0 Å². The van der Waals surface area contributed by atoms with Gasteiger partial charge in [-0.3, -0.25) is 0 Å². The molecule has 1 aliphatic carbocycles. The summed E-state index contributed by atoms with van der Waals surface area (Å²) in [4.78, 5) is 0. The second-order valence-electron chi connectivity index (χ2n) is 6.30.